The van der Waals surface area contributed by atoms with Gasteiger partial charge in [-0.3, -0.25) is 9.20 Å². The van der Waals surface area contributed by atoms with Gasteiger partial charge in [0.1, 0.15) is 11.3 Å². The number of nitrogens with zero attached hydrogens (tertiary/aromatic N) is 6. The summed E-state index contributed by atoms with van der Waals surface area (Å²) in [7, 11) is 0. The van der Waals surface area contributed by atoms with E-state index >= 15 is 0 Å². The van der Waals surface area contributed by atoms with E-state index in [4.69, 9.17) is 0 Å². The lowest BCUT2D eigenvalue weighted by Crippen LogP contribution is -2.51. The second kappa shape index (κ2) is 4.90. The number of carbonyl (C=O) groups is 1. The Hall–Kier alpha value is -2.70. The van der Waals surface area contributed by atoms with E-state index in [1.165, 1.54) is 12.8 Å². The first-order valence-corrected chi connectivity index (χ1v) is 8.35. The summed E-state index contributed by atoms with van der Waals surface area (Å²) in [5.74, 6) is 0.641. The molecule has 0 spiro atoms. The minimum absolute atomic E-state index is 0.0324. The molecule has 3 aromatic heterocycles. The molecule has 1 saturated carbocycles. The van der Waals surface area contributed by atoms with Crippen LogP contribution in [0.1, 0.15) is 46.7 Å². The van der Waals surface area contributed by atoms with Crippen molar-refractivity contribution in [2.24, 2.45) is 0 Å². The Morgan fingerprint density at radius 2 is 2.08 bits per heavy atom. The standard InChI is InChI=1S/C17H18N6O/c1-11-16(22-7-3-2-4-15(22)18-11)17(24)21-8-13(9-21)23-10-14(19-20-23)12-5-6-12/h2-4,7,10,12-13H,5-6,8-9H2,1H3. The molecule has 5 rings (SSSR count). The summed E-state index contributed by atoms with van der Waals surface area (Å²) < 4.78 is 3.78. The number of likely N-dealkylation sites (tertiary alicyclic amines) is 1. The van der Waals surface area contributed by atoms with E-state index in [1.54, 1.807) is 0 Å². The first-order valence-electron chi connectivity index (χ1n) is 8.35. The van der Waals surface area contributed by atoms with Crippen LogP contribution in [-0.4, -0.2) is 48.3 Å². The number of amides is 1. The van der Waals surface area contributed by atoms with Gasteiger partial charge in [0.15, 0.2) is 0 Å². The molecule has 0 bridgehead atoms. The molecule has 3 aromatic rings. The summed E-state index contributed by atoms with van der Waals surface area (Å²) in [4.78, 5) is 19.2. The van der Waals surface area contributed by atoms with Gasteiger partial charge in [0.05, 0.1) is 17.4 Å². The van der Waals surface area contributed by atoms with Crippen molar-refractivity contribution in [3.05, 3.63) is 47.7 Å². The van der Waals surface area contributed by atoms with Gasteiger partial charge < -0.3 is 4.90 Å². The Kier molecular flexibility index (Phi) is 2.80. The normalized spacial score (nSPS) is 18.1. The van der Waals surface area contributed by atoms with Gasteiger partial charge in [-0.15, -0.1) is 5.10 Å². The fourth-order valence-corrected chi connectivity index (χ4v) is 3.34. The Morgan fingerprint density at radius 1 is 1.25 bits per heavy atom. The van der Waals surface area contributed by atoms with Crippen LogP contribution in [0.4, 0.5) is 0 Å². The van der Waals surface area contributed by atoms with Crippen molar-refractivity contribution in [1.82, 2.24) is 29.3 Å². The topological polar surface area (TPSA) is 68.3 Å². The molecule has 1 saturated heterocycles. The average Bonchev–Trinajstić information content (AvgIpc) is 3.17. The molecule has 1 aliphatic heterocycles. The molecular weight excluding hydrogens is 304 g/mol. The molecule has 1 aliphatic carbocycles. The van der Waals surface area contributed by atoms with Crippen molar-refractivity contribution in [3.63, 3.8) is 0 Å². The Labute approximate surface area is 138 Å². The highest BCUT2D eigenvalue weighted by Gasteiger charge is 2.36. The van der Waals surface area contributed by atoms with Gasteiger partial charge in [0.25, 0.3) is 5.91 Å². The fourth-order valence-electron chi connectivity index (χ4n) is 3.34. The van der Waals surface area contributed by atoms with Gasteiger partial charge in [-0.1, -0.05) is 11.3 Å². The van der Waals surface area contributed by atoms with Gasteiger partial charge >= 0.3 is 0 Å². The van der Waals surface area contributed by atoms with Crippen LogP contribution < -0.4 is 0 Å². The Balaban J connectivity index is 1.34. The lowest BCUT2D eigenvalue weighted by atomic mass is 10.1. The molecule has 0 radical (unpaired) electrons. The van der Waals surface area contributed by atoms with Crippen LogP contribution in [0.5, 0.6) is 0 Å². The van der Waals surface area contributed by atoms with Crippen LogP contribution in [0.15, 0.2) is 30.6 Å². The van der Waals surface area contributed by atoms with E-state index in [0.29, 0.717) is 24.7 Å². The van der Waals surface area contributed by atoms with E-state index < -0.39 is 0 Å². The maximum Gasteiger partial charge on any atom is 0.272 e. The zero-order chi connectivity index (χ0) is 16.3. The molecule has 0 atom stereocenters. The van der Waals surface area contributed by atoms with E-state index in [9.17, 15) is 4.79 Å². The van der Waals surface area contributed by atoms with Crippen molar-refractivity contribution in [2.75, 3.05) is 13.1 Å². The number of rotatable bonds is 3. The smallest absolute Gasteiger partial charge is 0.272 e. The van der Waals surface area contributed by atoms with Gasteiger partial charge in [-0.25, -0.2) is 9.67 Å². The number of fused-ring (bicyclic) bond motifs is 1. The number of hydrogen-bond acceptors (Lipinski definition) is 4. The largest absolute Gasteiger partial charge is 0.333 e. The minimum atomic E-state index is 0.0324. The molecule has 2 fully saturated rings. The zero-order valence-corrected chi connectivity index (χ0v) is 13.5. The summed E-state index contributed by atoms with van der Waals surface area (Å²) in [6, 6.07) is 5.99. The summed E-state index contributed by atoms with van der Waals surface area (Å²) in [6.45, 7) is 3.23. The third-order valence-electron chi connectivity index (χ3n) is 4.95. The number of pyridine rings is 1. The Bertz CT molecular complexity index is 932. The first-order chi connectivity index (χ1) is 11.7. The fraction of sp³-hybridized carbons (Fsp3) is 0.412. The number of aromatic nitrogens is 5. The molecular formula is C17H18N6O. The molecule has 1 amide bonds. The lowest BCUT2D eigenvalue weighted by Gasteiger charge is -2.38. The maximum absolute atomic E-state index is 12.8. The molecule has 0 unspecified atom stereocenters. The van der Waals surface area contributed by atoms with Crippen molar-refractivity contribution in [2.45, 2.75) is 31.7 Å². The van der Waals surface area contributed by atoms with Crippen LogP contribution in [0, 0.1) is 6.92 Å². The lowest BCUT2D eigenvalue weighted by molar-refractivity contribution is 0.0490. The predicted molar refractivity (Wildman–Crippen MR) is 86.9 cm³/mol. The van der Waals surface area contributed by atoms with Crippen LogP contribution in [0.2, 0.25) is 0 Å². The third kappa shape index (κ3) is 2.04. The summed E-state index contributed by atoms with van der Waals surface area (Å²) in [5.41, 5.74) is 3.32. The monoisotopic (exact) mass is 322 g/mol. The highest BCUT2D eigenvalue weighted by molar-refractivity contribution is 5.95. The van der Waals surface area contributed by atoms with Crippen molar-refractivity contribution in [3.8, 4) is 0 Å². The SMILES string of the molecule is Cc1nc2ccccn2c1C(=O)N1CC(n2cc(C3CC3)nn2)C1. The van der Waals surface area contributed by atoms with Gasteiger partial charge in [0.2, 0.25) is 0 Å². The number of imidazole rings is 1. The summed E-state index contributed by atoms with van der Waals surface area (Å²) >= 11 is 0. The molecule has 122 valence electrons. The van der Waals surface area contributed by atoms with Crippen molar-refractivity contribution >= 4 is 11.6 Å². The summed E-state index contributed by atoms with van der Waals surface area (Å²) in [6.07, 6.45) is 6.38. The van der Waals surface area contributed by atoms with Crippen LogP contribution >= 0.6 is 0 Å². The second-order valence-electron chi connectivity index (χ2n) is 6.74. The second-order valence-corrected chi connectivity index (χ2v) is 6.74. The first kappa shape index (κ1) is 13.7. The molecule has 0 aromatic carbocycles. The number of hydrogen-bond donors (Lipinski definition) is 0. The average molecular weight is 322 g/mol. The summed E-state index contributed by atoms with van der Waals surface area (Å²) in [5, 5.41) is 8.49. The molecule has 7 heteroatoms. The van der Waals surface area contributed by atoms with Crippen LogP contribution in [0.25, 0.3) is 5.65 Å². The van der Waals surface area contributed by atoms with E-state index in [0.717, 1.165) is 17.0 Å². The van der Waals surface area contributed by atoms with Gasteiger partial charge in [0, 0.05) is 31.4 Å². The zero-order valence-electron chi connectivity index (χ0n) is 13.5. The highest BCUT2D eigenvalue weighted by atomic mass is 16.2. The van der Waals surface area contributed by atoms with Crippen LogP contribution in [0.3, 0.4) is 0 Å². The van der Waals surface area contributed by atoms with E-state index in [2.05, 4.69) is 15.3 Å². The van der Waals surface area contributed by atoms with E-state index in [1.807, 2.05) is 51.5 Å². The molecule has 2 aliphatic rings. The minimum Gasteiger partial charge on any atom is -0.333 e. The van der Waals surface area contributed by atoms with Crippen LogP contribution in [-0.2, 0) is 0 Å². The molecule has 4 heterocycles. The highest BCUT2D eigenvalue weighted by Crippen LogP contribution is 2.39. The molecule has 7 nitrogen and oxygen atoms in total. The molecule has 0 N–H and O–H groups in total. The Morgan fingerprint density at radius 3 is 2.88 bits per heavy atom. The quantitative estimate of drug-likeness (QED) is 0.737. The predicted octanol–water partition coefficient (Wildman–Crippen LogP) is 1.81. The van der Waals surface area contributed by atoms with Gasteiger partial charge in [-0.05, 0) is 31.9 Å². The van der Waals surface area contributed by atoms with E-state index in [-0.39, 0.29) is 11.9 Å². The van der Waals surface area contributed by atoms with Crippen molar-refractivity contribution in [1.29, 1.82) is 0 Å². The van der Waals surface area contributed by atoms with Crippen molar-refractivity contribution < 1.29 is 4.79 Å². The van der Waals surface area contributed by atoms with Gasteiger partial charge in [-0.2, -0.15) is 0 Å². The maximum atomic E-state index is 12.8. The number of aryl methyl sites for hydroxylation is 1. The number of carbonyl (C=O) groups excluding carboxylic acids is 1. The third-order valence-corrected chi connectivity index (χ3v) is 4.95. The molecule has 24 heavy (non-hydrogen) atoms.